The fraction of sp³-hybridized carbons (Fsp3) is 0.500. The van der Waals surface area contributed by atoms with Crippen molar-refractivity contribution in [2.24, 2.45) is 11.1 Å². The Hall–Kier alpha value is -1.88. The van der Waals surface area contributed by atoms with Gasteiger partial charge in [-0.3, -0.25) is 9.59 Å². The summed E-state index contributed by atoms with van der Waals surface area (Å²) in [5.74, 6) is -0.405. The molecule has 112 valence electrons. The summed E-state index contributed by atoms with van der Waals surface area (Å²) in [6.07, 6.45) is 1.54. The zero-order chi connectivity index (χ0) is 15.1. The summed E-state index contributed by atoms with van der Waals surface area (Å²) < 4.78 is 5.87. The number of ether oxygens (including phenoxy) is 1. The molecule has 1 atom stereocenters. The van der Waals surface area contributed by atoms with Crippen LogP contribution in [0.1, 0.15) is 25.3 Å². The number of nitrogens with zero attached hydrogens (tertiary/aromatic N) is 1. The molecule has 0 spiro atoms. The molecule has 2 aliphatic rings. The lowest BCUT2D eigenvalue weighted by molar-refractivity contribution is -0.168. The molecule has 2 fully saturated rings. The van der Waals surface area contributed by atoms with E-state index in [-0.39, 0.29) is 11.8 Å². The first-order valence-electron chi connectivity index (χ1n) is 7.27. The van der Waals surface area contributed by atoms with E-state index in [4.69, 9.17) is 10.5 Å². The van der Waals surface area contributed by atoms with Crippen molar-refractivity contribution in [3.05, 3.63) is 35.9 Å². The van der Waals surface area contributed by atoms with Crippen molar-refractivity contribution in [2.45, 2.75) is 25.4 Å². The summed E-state index contributed by atoms with van der Waals surface area (Å²) in [4.78, 5) is 26.0. The van der Waals surface area contributed by atoms with Gasteiger partial charge in [0.15, 0.2) is 5.60 Å². The van der Waals surface area contributed by atoms with Crippen LogP contribution in [0.3, 0.4) is 0 Å². The van der Waals surface area contributed by atoms with E-state index in [1.165, 1.54) is 0 Å². The Balaban J connectivity index is 1.84. The van der Waals surface area contributed by atoms with Crippen LogP contribution in [0.4, 0.5) is 0 Å². The van der Waals surface area contributed by atoms with Crippen LogP contribution in [0.25, 0.3) is 0 Å². The summed E-state index contributed by atoms with van der Waals surface area (Å²) in [7, 11) is 0. The normalized spacial score (nSPS) is 27.2. The van der Waals surface area contributed by atoms with Crippen molar-refractivity contribution in [3.8, 4) is 0 Å². The Labute approximate surface area is 124 Å². The number of nitrogens with two attached hydrogens (primary N) is 1. The molecule has 5 heteroatoms. The fourth-order valence-electron chi connectivity index (χ4n) is 3.22. The van der Waals surface area contributed by atoms with Gasteiger partial charge >= 0.3 is 0 Å². The van der Waals surface area contributed by atoms with Crippen molar-refractivity contribution in [2.75, 3.05) is 19.7 Å². The van der Waals surface area contributed by atoms with E-state index in [2.05, 4.69) is 0 Å². The Kier molecular flexibility index (Phi) is 3.24. The topological polar surface area (TPSA) is 72.6 Å². The van der Waals surface area contributed by atoms with E-state index >= 15 is 0 Å². The van der Waals surface area contributed by atoms with E-state index in [9.17, 15) is 9.59 Å². The van der Waals surface area contributed by atoms with E-state index in [1.54, 1.807) is 11.8 Å². The van der Waals surface area contributed by atoms with Gasteiger partial charge in [-0.2, -0.15) is 0 Å². The maximum atomic E-state index is 12.9. The van der Waals surface area contributed by atoms with Crippen LogP contribution < -0.4 is 5.73 Å². The van der Waals surface area contributed by atoms with E-state index in [0.29, 0.717) is 26.1 Å². The van der Waals surface area contributed by atoms with Gasteiger partial charge in [0.05, 0.1) is 5.41 Å². The molecule has 2 saturated heterocycles. The zero-order valence-corrected chi connectivity index (χ0v) is 12.2. The SMILES string of the molecule is CC1(C(N)=O)CN(C(=O)C2(c3ccccc3)CCCO2)C1. The average Bonchev–Trinajstić information content (AvgIpc) is 2.94. The van der Waals surface area contributed by atoms with Crippen LogP contribution in [0.15, 0.2) is 30.3 Å². The molecule has 0 saturated carbocycles. The Morgan fingerprint density at radius 1 is 1.24 bits per heavy atom. The standard InChI is InChI=1S/C16H20N2O3/c1-15(13(17)19)10-18(11-15)14(20)16(8-5-9-21-16)12-6-3-2-4-7-12/h2-4,6-7H,5,8-11H2,1H3,(H2,17,19). The number of likely N-dealkylation sites (tertiary alicyclic amines) is 1. The first-order chi connectivity index (χ1) is 9.98. The van der Waals surface area contributed by atoms with Gasteiger partial charge in [-0.1, -0.05) is 30.3 Å². The second-order valence-corrected chi connectivity index (χ2v) is 6.23. The molecular formula is C16H20N2O3. The number of primary amides is 1. The Morgan fingerprint density at radius 3 is 2.43 bits per heavy atom. The lowest BCUT2D eigenvalue weighted by Crippen LogP contribution is -2.65. The molecule has 0 aliphatic carbocycles. The second-order valence-electron chi connectivity index (χ2n) is 6.23. The van der Waals surface area contributed by atoms with Crippen molar-refractivity contribution in [1.29, 1.82) is 0 Å². The number of hydrogen-bond acceptors (Lipinski definition) is 3. The third-order valence-electron chi connectivity index (χ3n) is 4.57. The smallest absolute Gasteiger partial charge is 0.259 e. The first kappa shape index (κ1) is 14.1. The van der Waals surface area contributed by atoms with Crippen LogP contribution in [-0.2, 0) is 19.9 Å². The van der Waals surface area contributed by atoms with Crippen molar-refractivity contribution in [1.82, 2.24) is 4.90 Å². The summed E-state index contributed by atoms with van der Waals surface area (Å²) in [5.41, 5.74) is 4.78. The molecule has 1 aromatic carbocycles. The number of rotatable bonds is 3. The highest BCUT2D eigenvalue weighted by molar-refractivity contribution is 5.91. The summed E-state index contributed by atoms with van der Waals surface area (Å²) in [5, 5.41) is 0. The largest absolute Gasteiger partial charge is 0.369 e. The number of benzene rings is 1. The van der Waals surface area contributed by atoms with Gasteiger partial charge in [0.25, 0.3) is 5.91 Å². The molecule has 1 unspecified atom stereocenters. The molecule has 1 aromatic rings. The van der Waals surface area contributed by atoms with Crippen LogP contribution in [-0.4, -0.2) is 36.4 Å². The minimum atomic E-state index is -0.889. The van der Waals surface area contributed by atoms with Gasteiger partial charge in [0.1, 0.15) is 0 Å². The van der Waals surface area contributed by atoms with E-state index in [1.807, 2.05) is 30.3 Å². The van der Waals surface area contributed by atoms with Gasteiger partial charge in [0, 0.05) is 19.7 Å². The summed E-state index contributed by atoms with van der Waals surface area (Å²) in [6.45, 7) is 3.13. The van der Waals surface area contributed by atoms with Crippen molar-refractivity contribution >= 4 is 11.8 Å². The molecule has 21 heavy (non-hydrogen) atoms. The van der Waals surface area contributed by atoms with Crippen LogP contribution in [0, 0.1) is 5.41 Å². The molecule has 0 radical (unpaired) electrons. The summed E-state index contributed by atoms with van der Waals surface area (Å²) in [6, 6.07) is 9.60. The molecule has 3 rings (SSSR count). The lowest BCUT2D eigenvalue weighted by atomic mass is 9.79. The maximum absolute atomic E-state index is 12.9. The number of carbonyl (C=O) groups excluding carboxylic acids is 2. The third kappa shape index (κ3) is 2.12. The molecule has 2 amide bonds. The van der Waals surface area contributed by atoms with Crippen molar-refractivity contribution in [3.63, 3.8) is 0 Å². The highest BCUT2D eigenvalue weighted by atomic mass is 16.5. The van der Waals surface area contributed by atoms with E-state index < -0.39 is 11.0 Å². The Morgan fingerprint density at radius 2 is 1.90 bits per heavy atom. The van der Waals surface area contributed by atoms with Crippen LogP contribution in [0.5, 0.6) is 0 Å². The highest BCUT2D eigenvalue weighted by Gasteiger charge is 2.53. The van der Waals surface area contributed by atoms with Gasteiger partial charge in [-0.05, 0) is 25.3 Å². The molecule has 2 aliphatic heterocycles. The van der Waals surface area contributed by atoms with Gasteiger partial charge in [-0.25, -0.2) is 0 Å². The van der Waals surface area contributed by atoms with Crippen LogP contribution in [0.2, 0.25) is 0 Å². The minimum absolute atomic E-state index is 0.0510. The third-order valence-corrected chi connectivity index (χ3v) is 4.57. The molecule has 0 bridgehead atoms. The highest BCUT2D eigenvalue weighted by Crippen LogP contribution is 2.41. The predicted molar refractivity (Wildman–Crippen MR) is 77.2 cm³/mol. The maximum Gasteiger partial charge on any atom is 0.259 e. The molecule has 5 nitrogen and oxygen atoms in total. The molecule has 0 aromatic heterocycles. The predicted octanol–water partition coefficient (Wildman–Crippen LogP) is 1.03. The summed E-state index contributed by atoms with van der Waals surface area (Å²) >= 11 is 0. The number of hydrogen-bond donors (Lipinski definition) is 1. The number of carbonyl (C=O) groups is 2. The average molecular weight is 288 g/mol. The Bertz CT molecular complexity index is 558. The monoisotopic (exact) mass is 288 g/mol. The molecule has 2 heterocycles. The van der Waals surface area contributed by atoms with E-state index in [0.717, 1.165) is 12.0 Å². The quantitative estimate of drug-likeness (QED) is 0.902. The second kappa shape index (κ2) is 4.84. The zero-order valence-electron chi connectivity index (χ0n) is 12.2. The van der Waals surface area contributed by atoms with Gasteiger partial charge in [-0.15, -0.1) is 0 Å². The fourth-order valence-corrected chi connectivity index (χ4v) is 3.22. The molecule has 2 N–H and O–H groups in total. The number of amides is 2. The van der Waals surface area contributed by atoms with Crippen molar-refractivity contribution < 1.29 is 14.3 Å². The first-order valence-corrected chi connectivity index (χ1v) is 7.27. The van der Waals surface area contributed by atoms with Gasteiger partial charge < -0.3 is 15.4 Å². The lowest BCUT2D eigenvalue weighted by Gasteiger charge is -2.48. The minimum Gasteiger partial charge on any atom is -0.369 e. The van der Waals surface area contributed by atoms with Gasteiger partial charge in [0.2, 0.25) is 5.91 Å². The molecular weight excluding hydrogens is 268 g/mol. The van der Waals surface area contributed by atoms with Crippen LogP contribution >= 0.6 is 0 Å².